The Bertz CT molecular complexity index is 947. The zero-order chi connectivity index (χ0) is 17.9. The van der Waals surface area contributed by atoms with Gasteiger partial charge in [-0.2, -0.15) is 0 Å². The van der Waals surface area contributed by atoms with E-state index in [1.165, 1.54) is 0 Å². The molecule has 0 spiro atoms. The minimum absolute atomic E-state index is 0.158. The molecule has 2 heterocycles. The molecule has 6 heteroatoms. The standard InChI is InChI=1S/C20H15ClN2O3/c21-16-11-14(5-6-15(16)13-7-9-22-10-8-13)23-20(24)19-12-25-17-3-1-2-4-18(17)26-19/h1-11,19H,12H2,(H,23,24)/t19-/m0/s1. The third kappa shape index (κ3) is 3.34. The number of rotatable bonds is 3. The number of carbonyl (C=O) groups excluding carboxylic acids is 1. The number of fused-ring (bicyclic) bond motifs is 1. The monoisotopic (exact) mass is 366 g/mol. The molecular weight excluding hydrogens is 352 g/mol. The maximum atomic E-state index is 12.5. The summed E-state index contributed by atoms with van der Waals surface area (Å²) in [6.07, 6.45) is 2.70. The zero-order valence-corrected chi connectivity index (χ0v) is 14.4. The summed E-state index contributed by atoms with van der Waals surface area (Å²) in [6, 6.07) is 16.4. The highest BCUT2D eigenvalue weighted by Crippen LogP contribution is 2.32. The van der Waals surface area contributed by atoms with Crippen LogP contribution in [0, 0.1) is 0 Å². The molecule has 3 aromatic rings. The summed E-state index contributed by atoms with van der Waals surface area (Å²) in [5.74, 6) is 0.915. The number of nitrogens with zero attached hydrogens (tertiary/aromatic N) is 1. The maximum absolute atomic E-state index is 12.5. The Kier molecular flexibility index (Phi) is 4.46. The Morgan fingerprint density at radius 2 is 1.85 bits per heavy atom. The third-order valence-electron chi connectivity index (χ3n) is 4.03. The van der Waals surface area contributed by atoms with E-state index in [0.717, 1.165) is 11.1 Å². The van der Waals surface area contributed by atoms with Gasteiger partial charge < -0.3 is 14.8 Å². The second kappa shape index (κ2) is 7.06. The third-order valence-corrected chi connectivity index (χ3v) is 4.34. The molecule has 0 saturated heterocycles. The number of hydrogen-bond donors (Lipinski definition) is 1. The van der Waals surface area contributed by atoms with E-state index in [2.05, 4.69) is 10.3 Å². The quantitative estimate of drug-likeness (QED) is 0.755. The Morgan fingerprint density at radius 1 is 1.08 bits per heavy atom. The minimum Gasteiger partial charge on any atom is -0.485 e. The van der Waals surface area contributed by atoms with Crippen LogP contribution in [0.5, 0.6) is 11.5 Å². The molecule has 0 unspecified atom stereocenters. The smallest absolute Gasteiger partial charge is 0.269 e. The van der Waals surface area contributed by atoms with Crippen LogP contribution in [0.1, 0.15) is 0 Å². The topological polar surface area (TPSA) is 60.5 Å². The van der Waals surface area contributed by atoms with Crippen molar-refractivity contribution in [2.75, 3.05) is 11.9 Å². The van der Waals surface area contributed by atoms with Gasteiger partial charge in [-0.1, -0.05) is 29.8 Å². The fourth-order valence-electron chi connectivity index (χ4n) is 2.73. The van der Waals surface area contributed by atoms with E-state index in [-0.39, 0.29) is 12.5 Å². The lowest BCUT2D eigenvalue weighted by Gasteiger charge is -2.25. The Hall–Kier alpha value is -3.05. The first-order valence-corrected chi connectivity index (χ1v) is 8.48. The van der Waals surface area contributed by atoms with Crippen molar-refractivity contribution in [3.05, 3.63) is 72.0 Å². The molecule has 1 amide bonds. The summed E-state index contributed by atoms with van der Waals surface area (Å²) in [6.45, 7) is 0.158. The van der Waals surface area contributed by atoms with Gasteiger partial charge >= 0.3 is 0 Å². The molecule has 1 aromatic heterocycles. The van der Waals surface area contributed by atoms with E-state index < -0.39 is 6.10 Å². The number of ether oxygens (including phenoxy) is 2. The Morgan fingerprint density at radius 3 is 2.62 bits per heavy atom. The molecule has 1 atom stereocenters. The number of hydrogen-bond acceptors (Lipinski definition) is 4. The lowest BCUT2D eigenvalue weighted by atomic mass is 10.1. The highest BCUT2D eigenvalue weighted by atomic mass is 35.5. The van der Waals surface area contributed by atoms with Crippen molar-refractivity contribution in [1.29, 1.82) is 0 Å². The van der Waals surface area contributed by atoms with Crippen molar-refractivity contribution in [2.24, 2.45) is 0 Å². The number of carbonyl (C=O) groups is 1. The van der Waals surface area contributed by atoms with Gasteiger partial charge in [0.05, 0.1) is 5.02 Å². The second-order valence-corrected chi connectivity index (χ2v) is 6.19. The fourth-order valence-corrected chi connectivity index (χ4v) is 3.02. The van der Waals surface area contributed by atoms with E-state index in [1.807, 2.05) is 30.3 Å². The first-order valence-electron chi connectivity index (χ1n) is 8.10. The summed E-state index contributed by atoms with van der Waals surface area (Å²) >= 11 is 6.37. The summed E-state index contributed by atoms with van der Waals surface area (Å²) in [5, 5.41) is 3.36. The van der Waals surface area contributed by atoms with Crippen LogP contribution in [0.15, 0.2) is 67.0 Å². The molecule has 2 aromatic carbocycles. The van der Waals surface area contributed by atoms with E-state index in [1.54, 1.807) is 36.7 Å². The van der Waals surface area contributed by atoms with Crippen molar-refractivity contribution in [2.45, 2.75) is 6.10 Å². The van der Waals surface area contributed by atoms with Gasteiger partial charge in [0.15, 0.2) is 11.5 Å². The van der Waals surface area contributed by atoms with Gasteiger partial charge in [0.2, 0.25) is 6.10 Å². The van der Waals surface area contributed by atoms with Crippen molar-refractivity contribution >= 4 is 23.2 Å². The lowest BCUT2D eigenvalue weighted by molar-refractivity contribution is -0.125. The number of anilines is 1. The predicted octanol–water partition coefficient (Wildman–Crippen LogP) is 4.18. The number of benzene rings is 2. The first-order chi connectivity index (χ1) is 12.7. The number of para-hydroxylation sites is 2. The molecule has 0 bridgehead atoms. The molecule has 0 radical (unpaired) electrons. The number of aromatic nitrogens is 1. The SMILES string of the molecule is O=C(Nc1ccc(-c2ccncc2)c(Cl)c1)[C@@H]1COc2ccccc2O1. The van der Waals surface area contributed by atoms with Crippen molar-refractivity contribution in [1.82, 2.24) is 4.98 Å². The van der Waals surface area contributed by atoms with Crippen molar-refractivity contribution in [3.63, 3.8) is 0 Å². The van der Waals surface area contributed by atoms with Crippen LogP contribution in [0.3, 0.4) is 0 Å². The number of pyridine rings is 1. The van der Waals surface area contributed by atoms with Crippen LogP contribution < -0.4 is 14.8 Å². The summed E-state index contributed by atoms with van der Waals surface area (Å²) in [7, 11) is 0. The molecule has 1 aliphatic rings. The van der Waals surface area contributed by atoms with Crippen LogP contribution in [-0.4, -0.2) is 23.6 Å². The van der Waals surface area contributed by atoms with Crippen LogP contribution in [0.2, 0.25) is 5.02 Å². The molecule has 1 aliphatic heterocycles. The van der Waals surface area contributed by atoms with E-state index in [0.29, 0.717) is 22.2 Å². The lowest BCUT2D eigenvalue weighted by Crippen LogP contribution is -2.40. The molecule has 4 rings (SSSR count). The van der Waals surface area contributed by atoms with Crippen LogP contribution in [-0.2, 0) is 4.79 Å². The summed E-state index contributed by atoms with van der Waals surface area (Å²) in [5.41, 5.74) is 2.43. The van der Waals surface area contributed by atoms with Gasteiger partial charge in [0, 0.05) is 23.6 Å². The van der Waals surface area contributed by atoms with Gasteiger partial charge in [-0.25, -0.2) is 0 Å². The molecule has 0 aliphatic carbocycles. The maximum Gasteiger partial charge on any atom is 0.269 e. The zero-order valence-electron chi connectivity index (χ0n) is 13.7. The second-order valence-electron chi connectivity index (χ2n) is 5.78. The van der Waals surface area contributed by atoms with Gasteiger partial charge in [0.1, 0.15) is 6.61 Å². The van der Waals surface area contributed by atoms with Crippen molar-refractivity contribution in [3.8, 4) is 22.6 Å². The summed E-state index contributed by atoms with van der Waals surface area (Å²) < 4.78 is 11.3. The number of amides is 1. The minimum atomic E-state index is -0.719. The van der Waals surface area contributed by atoms with Gasteiger partial charge in [-0.05, 0) is 42.0 Å². The highest BCUT2D eigenvalue weighted by molar-refractivity contribution is 6.33. The van der Waals surface area contributed by atoms with Crippen LogP contribution >= 0.6 is 11.6 Å². The highest BCUT2D eigenvalue weighted by Gasteiger charge is 2.27. The van der Waals surface area contributed by atoms with Crippen molar-refractivity contribution < 1.29 is 14.3 Å². The molecule has 26 heavy (non-hydrogen) atoms. The average Bonchev–Trinajstić information content (AvgIpc) is 2.68. The predicted molar refractivity (Wildman–Crippen MR) is 99.7 cm³/mol. The molecular formula is C20H15ClN2O3. The fraction of sp³-hybridized carbons (Fsp3) is 0.100. The Labute approximate surface area is 155 Å². The molecule has 5 nitrogen and oxygen atoms in total. The molecule has 130 valence electrons. The summed E-state index contributed by atoms with van der Waals surface area (Å²) in [4.78, 5) is 16.5. The number of halogens is 1. The van der Waals surface area contributed by atoms with E-state index in [4.69, 9.17) is 21.1 Å². The molecule has 0 saturated carbocycles. The van der Waals surface area contributed by atoms with Gasteiger partial charge in [0.25, 0.3) is 5.91 Å². The molecule has 1 N–H and O–H groups in total. The van der Waals surface area contributed by atoms with E-state index >= 15 is 0 Å². The average molecular weight is 367 g/mol. The van der Waals surface area contributed by atoms with E-state index in [9.17, 15) is 4.79 Å². The normalized spacial score (nSPS) is 15.3. The first kappa shape index (κ1) is 16.4. The van der Waals surface area contributed by atoms with Gasteiger partial charge in [-0.3, -0.25) is 9.78 Å². The van der Waals surface area contributed by atoms with Crippen LogP contribution in [0.25, 0.3) is 11.1 Å². The Balaban J connectivity index is 1.48. The van der Waals surface area contributed by atoms with Crippen LogP contribution in [0.4, 0.5) is 5.69 Å². The van der Waals surface area contributed by atoms with Gasteiger partial charge in [-0.15, -0.1) is 0 Å². The largest absolute Gasteiger partial charge is 0.485 e. The molecule has 0 fully saturated rings. The number of nitrogens with one attached hydrogen (secondary N) is 1.